The van der Waals surface area contributed by atoms with Crippen LogP contribution < -0.4 is 11.3 Å². The van der Waals surface area contributed by atoms with Gasteiger partial charge >= 0.3 is 0 Å². The summed E-state index contributed by atoms with van der Waals surface area (Å²) < 4.78 is 0. The Morgan fingerprint density at radius 2 is 2.14 bits per heavy atom. The van der Waals surface area contributed by atoms with Crippen LogP contribution in [0.15, 0.2) is 39.1 Å². The number of carbonyl (C=O) groups excluding carboxylic acids is 1. The Balaban J connectivity index is 2.46. The van der Waals surface area contributed by atoms with Crippen molar-refractivity contribution >= 4 is 23.4 Å². The summed E-state index contributed by atoms with van der Waals surface area (Å²) in [7, 11) is 0. The fourth-order valence-electron chi connectivity index (χ4n) is 1.60. The molecule has 0 radical (unpaired) electrons. The lowest BCUT2D eigenvalue weighted by Gasteiger charge is -2.04. The van der Waals surface area contributed by atoms with Gasteiger partial charge in [-0.25, -0.2) is 4.98 Å². The molecule has 0 bridgehead atoms. The van der Waals surface area contributed by atoms with Crippen LogP contribution in [0.5, 0.6) is 0 Å². The van der Waals surface area contributed by atoms with Crippen molar-refractivity contribution in [3.8, 4) is 0 Å². The maximum absolute atomic E-state index is 11.4. The molecule has 2 aromatic rings. The second-order valence-corrected chi connectivity index (χ2v) is 5.13. The SMILES string of the molecule is Cc1cc(=O)[nH]c(Sc2ccc(C(N)=O)cc2[N+](=O)[O-])n1. The third-order valence-corrected chi connectivity index (χ3v) is 3.45. The lowest BCUT2D eigenvalue weighted by Crippen LogP contribution is -2.11. The number of aryl methyl sites for hydroxylation is 1. The highest BCUT2D eigenvalue weighted by atomic mass is 32.2. The van der Waals surface area contributed by atoms with Crippen molar-refractivity contribution < 1.29 is 9.72 Å². The Labute approximate surface area is 122 Å². The summed E-state index contributed by atoms with van der Waals surface area (Å²) in [6.07, 6.45) is 0. The van der Waals surface area contributed by atoms with Crippen molar-refractivity contribution in [1.82, 2.24) is 9.97 Å². The molecule has 1 aromatic carbocycles. The molecule has 0 spiro atoms. The second kappa shape index (κ2) is 5.75. The van der Waals surface area contributed by atoms with E-state index in [2.05, 4.69) is 9.97 Å². The van der Waals surface area contributed by atoms with Gasteiger partial charge in [-0.05, 0) is 30.8 Å². The van der Waals surface area contributed by atoms with E-state index in [1.165, 1.54) is 18.2 Å². The molecule has 2 rings (SSSR count). The van der Waals surface area contributed by atoms with E-state index in [4.69, 9.17) is 5.73 Å². The predicted molar refractivity (Wildman–Crippen MR) is 75.3 cm³/mol. The van der Waals surface area contributed by atoms with Gasteiger partial charge < -0.3 is 10.7 Å². The predicted octanol–water partition coefficient (Wildman–Crippen LogP) is 1.24. The lowest BCUT2D eigenvalue weighted by atomic mass is 10.2. The average Bonchev–Trinajstić information content (AvgIpc) is 2.37. The summed E-state index contributed by atoms with van der Waals surface area (Å²) in [5, 5.41) is 11.3. The first-order valence-corrected chi connectivity index (χ1v) is 6.52. The second-order valence-electron chi connectivity index (χ2n) is 4.10. The molecular weight excluding hydrogens is 296 g/mol. The van der Waals surface area contributed by atoms with Crippen molar-refractivity contribution in [1.29, 1.82) is 0 Å². The number of amides is 1. The Bertz CT molecular complexity index is 787. The molecule has 0 saturated heterocycles. The minimum absolute atomic E-state index is 0.0387. The molecular formula is C12H10N4O4S. The molecule has 1 amide bonds. The van der Waals surface area contributed by atoms with E-state index in [1.54, 1.807) is 6.92 Å². The van der Waals surface area contributed by atoms with E-state index in [0.717, 1.165) is 17.8 Å². The number of nitro benzene ring substituents is 1. The van der Waals surface area contributed by atoms with E-state index >= 15 is 0 Å². The molecule has 108 valence electrons. The lowest BCUT2D eigenvalue weighted by molar-refractivity contribution is -0.387. The van der Waals surface area contributed by atoms with Gasteiger partial charge in [0.15, 0.2) is 5.16 Å². The van der Waals surface area contributed by atoms with Crippen molar-refractivity contribution in [2.45, 2.75) is 17.0 Å². The highest BCUT2D eigenvalue weighted by Gasteiger charge is 2.18. The minimum atomic E-state index is -0.753. The first-order chi connectivity index (χ1) is 9.86. The Morgan fingerprint density at radius 3 is 2.71 bits per heavy atom. The number of nitrogens with zero attached hydrogens (tertiary/aromatic N) is 2. The summed E-state index contributed by atoms with van der Waals surface area (Å²) in [6.45, 7) is 1.64. The van der Waals surface area contributed by atoms with Gasteiger partial charge in [0.25, 0.3) is 11.2 Å². The van der Waals surface area contributed by atoms with Gasteiger partial charge in [-0.1, -0.05) is 0 Å². The monoisotopic (exact) mass is 306 g/mol. The Morgan fingerprint density at radius 1 is 1.43 bits per heavy atom. The molecule has 1 heterocycles. The number of primary amides is 1. The minimum Gasteiger partial charge on any atom is -0.366 e. The molecule has 0 atom stereocenters. The highest BCUT2D eigenvalue weighted by Crippen LogP contribution is 2.33. The Kier molecular flexibility index (Phi) is 4.03. The molecule has 0 unspecified atom stereocenters. The molecule has 0 aliphatic heterocycles. The third kappa shape index (κ3) is 3.45. The van der Waals surface area contributed by atoms with Gasteiger partial charge in [-0.15, -0.1) is 0 Å². The smallest absolute Gasteiger partial charge is 0.284 e. The topological polar surface area (TPSA) is 132 Å². The summed E-state index contributed by atoms with van der Waals surface area (Å²) in [5.74, 6) is -0.753. The van der Waals surface area contributed by atoms with Crippen LogP contribution in [0, 0.1) is 17.0 Å². The number of H-pyrrole nitrogens is 1. The number of aromatic nitrogens is 2. The molecule has 0 saturated carbocycles. The van der Waals surface area contributed by atoms with Gasteiger partial charge in [0.1, 0.15) is 0 Å². The number of carbonyl (C=O) groups is 1. The zero-order chi connectivity index (χ0) is 15.6. The number of nitrogens with one attached hydrogen (secondary N) is 1. The van der Waals surface area contributed by atoms with Crippen LogP contribution in [-0.4, -0.2) is 20.8 Å². The quantitative estimate of drug-likeness (QED) is 0.496. The van der Waals surface area contributed by atoms with E-state index < -0.39 is 10.8 Å². The average molecular weight is 306 g/mol. The van der Waals surface area contributed by atoms with Crippen LogP contribution in [0.3, 0.4) is 0 Å². The fraction of sp³-hybridized carbons (Fsp3) is 0.0833. The van der Waals surface area contributed by atoms with E-state index in [0.29, 0.717) is 5.69 Å². The Hall–Kier alpha value is -2.68. The van der Waals surface area contributed by atoms with Crippen molar-refractivity contribution in [2.24, 2.45) is 5.73 Å². The summed E-state index contributed by atoms with van der Waals surface area (Å²) in [5.41, 5.74) is 5.01. The maximum Gasteiger partial charge on any atom is 0.284 e. The molecule has 21 heavy (non-hydrogen) atoms. The summed E-state index contributed by atoms with van der Waals surface area (Å²) >= 11 is 0.931. The van der Waals surface area contributed by atoms with Crippen molar-refractivity contribution in [3.05, 3.63) is 56.0 Å². The number of benzene rings is 1. The van der Waals surface area contributed by atoms with Crippen LogP contribution >= 0.6 is 11.8 Å². The molecule has 1 aromatic heterocycles. The molecule has 3 N–H and O–H groups in total. The van der Waals surface area contributed by atoms with Crippen molar-refractivity contribution in [3.63, 3.8) is 0 Å². The molecule has 0 aliphatic carbocycles. The molecule has 9 heteroatoms. The van der Waals surface area contributed by atoms with E-state index in [-0.39, 0.29) is 26.9 Å². The summed E-state index contributed by atoms with van der Waals surface area (Å²) in [6, 6.07) is 5.18. The number of hydrogen-bond acceptors (Lipinski definition) is 6. The summed E-state index contributed by atoms with van der Waals surface area (Å²) in [4.78, 5) is 39.7. The number of nitrogens with two attached hydrogens (primary N) is 1. The zero-order valence-corrected chi connectivity index (χ0v) is 11.6. The van der Waals surface area contributed by atoms with E-state index in [9.17, 15) is 19.7 Å². The number of aromatic amines is 1. The van der Waals surface area contributed by atoms with Gasteiger partial charge in [-0.3, -0.25) is 19.7 Å². The van der Waals surface area contributed by atoms with Gasteiger partial charge in [0.2, 0.25) is 5.91 Å². The van der Waals surface area contributed by atoms with Gasteiger partial charge in [0.05, 0.1) is 9.82 Å². The number of nitro groups is 1. The third-order valence-electron chi connectivity index (χ3n) is 2.49. The van der Waals surface area contributed by atoms with Crippen LogP contribution in [-0.2, 0) is 0 Å². The zero-order valence-electron chi connectivity index (χ0n) is 10.8. The van der Waals surface area contributed by atoms with Crippen LogP contribution in [0.4, 0.5) is 5.69 Å². The van der Waals surface area contributed by atoms with Gasteiger partial charge in [-0.2, -0.15) is 0 Å². The first kappa shape index (κ1) is 14.7. The van der Waals surface area contributed by atoms with E-state index in [1.807, 2.05) is 0 Å². The largest absolute Gasteiger partial charge is 0.366 e. The highest BCUT2D eigenvalue weighted by molar-refractivity contribution is 7.99. The maximum atomic E-state index is 11.4. The molecule has 8 nitrogen and oxygen atoms in total. The normalized spacial score (nSPS) is 10.3. The van der Waals surface area contributed by atoms with Crippen LogP contribution in [0.25, 0.3) is 0 Å². The van der Waals surface area contributed by atoms with Crippen LogP contribution in [0.1, 0.15) is 16.1 Å². The molecule has 0 aliphatic rings. The number of rotatable bonds is 4. The fourth-order valence-corrected chi connectivity index (χ4v) is 2.53. The van der Waals surface area contributed by atoms with Gasteiger partial charge in [0, 0.05) is 23.4 Å². The van der Waals surface area contributed by atoms with Crippen molar-refractivity contribution in [2.75, 3.05) is 0 Å². The first-order valence-electron chi connectivity index (χ1n) is 5.71. The number of hydrogen-bond donors (Lipinski definition) is 2. The molecule has 0 fully saturated rings. The van der Waals surface area contributed by atoms with Crippen LogP contribution in [0.2, 0.25) is 0 Å². The standard InChI is InChI=1S/C12H10N4O4S/c1-6-4-10(17)15-12(14-6)21-9-3-2-7(11(13)18)5-8(9)16(19)20/h2-5H,1H3,(H2,13,18)(H,14,15,17).